The lowest BCUT2D eigenvalue weighted by molar-refractivity contribution is -0.120. The number of halogens is 1. The minimum absolute atomic E-state index is 0.102. The number of nitrogens with zero attached hydrogens (tertiary/aromatic N) is 1. The minimum atomic E-state index is -0.571. The fourth-order valence-corrected chi connectivity index (χ4v) is 3.76. The van der Waals surface area contributed by atoms with Crippen LogP contribution < -0.4 is 19.7 Å². The van der Waals surface area contributed by atoms with E-state index < -0.39 is 17.6 Å². The van der Waals surface area contributed by atoms with Crippen LogP contribution in [0.15, 0.2) is 72.4 Å². The maximum atomic E-state index is 13.9. The maximum Gasteiger partial charge on any atom is 0.282 e. The summed E-state index contributed by atoms with van der Waals surface area (Å²) in [5.41, 5.74) is 2.63. The molecule has 0 fully saturated rings. The van der Waals surface area contributed by atoms with E-state index in [0.29, 0.717) is 36.0 Å². The topological polar surface area (TPSA) is 67.9 Å². The molecule has 6 nitrogen and oxygen atoms in total. The number of carbonyl (C=O) groups excluding carboxylic acids is 2. The average molecular weight is 461 g/mol. The second kappa shape index (κ2) is 9.79. The van der Waals surface area contributed by atoms with Crippen molar-refractivity contribution in [2.24, 2.45) is 0 Å². The number of benzene rings is 3. The number of nitrogens with one attached hydrogen (secondary N) is 1. The number of amides is 2. The number of ether oxygens (including phenoxy) is 2. The molecule has 0 aliphatic carbocycles. The first-order chi connectivity index (χ1) is 16.4. The average Bonchev–Trinajstić information content (AvgIpc) is 3.05. The van der Waals surface area contributed by atoms with Gasteiger partial charge >= 0.3 is 0 Å². The van der Waals surface area contributed by atoms with E-state index in [4.69, 9.17) is 9.47 Å². The maximum absolute atomic E-state index is 13.9. The van der Waals surface area contributed by atoms with Gasteiger partial charge in [-0.2, -0.15) is 0 Å². The molecular weight excluding hydrogens is 435 g/mol. The number of imide groups is 1. The molecule has 3 aromatic rings. The fraction of sp³-hybridized carbons (Fsp3) is 0.185. The number of rotatable bonds is 8. The zero-order valence-corrected chi connectivity index (χ0v) is 19.2. The van der Waals surface area contributed by atoms with Crippen molar-refractivity contribution in [2.45, 2.75) is 20.8 Å². The molecule has 0 saturated heterocycles. The first-order valence-electron chi connectivity index (χ1n) is 11.0. The summed E-state index contributed by atoms with van der Waals surface area (Å²) < 4.78 is 25.2. The van der Waals surface area contributed by atoms with Gasteiger partial charge in [-0.1, -0.05) is 35.9 Å². The Labute approximate surface area is 197 Å². The molecule has 0 saturated carbocycles. The van der Waals surface area contributed by atoms with E-state index in [-0.39, 0.29) is 17.0 Å². The normalized spacial score (nSPS) is 13.5. The van der Waals surface area contributed by atoms with Crippen molar-refractivity contribution in [3.8, 4) is 11.5 Å². The molecule has 1 aliphatic rings. The monoisotopic (exact) mass is 460 g/mol. The lowest BCUT2D eigenvalue weighted by Crippen LogP contribution is -2.32. The van der Waals surface area contributed by atoms with Crippen LogP contribution in [-0.4, -0.2) is 25.0 Å². The molecule has 0 bridgehead atoms. The van der Waals surface area contributed by atoms with Gasteiger partial charge in [-0.05, 0) is 56.7 Å². The van der Waals surface area contributed by atoms with Gasteiger partial charge in [0.15, 0.2) is 11.5 Å². The van der Waals surface area contributed by atoms with E-state index >= 15 is 0 Å². The highest BCUT2D eigenvalue weighted by atomic mass is 19.1. The first kappa shape index (κ1) is 23.0. The van der Waals surface area contributed by atoms with Gasteiger partial charge in [-0.25, -0.2) is 9.29 Å². The third-order valence-corrected chi connectivity index (χ3v) is 5.30. The Morgan fingerprint density at radius 2 is 1.56 bits per heavy atom. The Balaban J connectivity index is 1.79. The molecule has 1 heterocycles. The van der Waals surface area contributed by atoms with E-state index in [1.807, 2.05) is 32.9 Å². The van der Waals surface area contributed by atoms with Crippen LogP contribution in [0.25, 0.3) is 5.57 Å². The van der Waals surface area contributed by atoms with Gasteiger partial charge in [-0.3, -0.25) is 9.59 Å². The summed E-state index contributed by atoms with van der Waals surface area (Å²) in [4.78, 5) is 27.9. The van der Waals surface area contributed by atoms with Crippen molar-refractivity contribution in [3.63, 3.8) is 0 Å². The van der Waals surface area contributed by atoms with Crippen LogP contribution in [0.5, 0.6) is 11.5 Å². The van der Waals surface area contributed by atoms with Gasteiger partial charge in [-0.15, -0.1) is 0 Å². The molecule has 34 heavy (non-hydrogen) atoms. The van der Waals surface area contributed by atoms with Gasteiger partial charge in [0.25, 0.3) is 11.8 Å². The Morgan fingerprint density at radius 1 is 0.853 bits per heavy atom. The van der Waals surface area contributed by atoms with Crippen molar-refractivity contribution in [1.82, 2.24) is 0 Å². The molecule has 3 aromatic carbocycles. The van der Waals surface area contributed by atoms with Crippen LogP contribution >= 0.6 is 0 Å². The van der Waals surface area contributed by atoms with Gasteiger partial charge in [0.05, 0.1) is 24.5 Å². The highest BCUT2D eigenvalue weighted by molar-refractivity contribution is 6.46. The summed E-state index contributed by atoms with van der Waals surface area (Å²) in [7, 11) is 0. The number of hydrogen-bond donors (Lipinski definition) is 1. The van der Waals surface area contributed by atoms with Crippen molar-refractivity contribution in [1.29, 1.82) is 0 Å². The summed E-state index contributed by atoms with van der Waals surface area (Å²) in [6, 6.07) is 17.9. The Morgan fingerprint density at radius 3 is 2.24 bits per heavy atom. The van der Waals surface area contributed by atoms with E-state index in [1.165, 1.54) is 18.2 Å². The molecule has 174 valence electrons. The van der Waals surface area contributed by atoms with E-state index in [1.54, 1.807) is 30.3 Å². The van der Waals surface area contributed by atoms with Crippen LogP contribution in [0.2, 0.25) is 0 Å². The van der Waals surface area contributed by atoms with E-state index in [2.05, 4.69) is 5.32 Å². The predicted molar refractivity (Wildman–Crippen MR) is 129 cm³/mol. The van der Waals surface area contributed by atoms with Gasteiger partial charge in [0, 0.05) is 11.8 Å². The summed E-state index contributed by atoms with van der Waals surface area (Å²) >= 11 is 0. The molecular formula is C27H25FN2O4. The van der Waals surface area contributed by atoms with Crippen molar-refractivity contribution < 1.29 is 23.5 Å². The largest absolute Gasteiger partial charge is 0.490 e. The fourth-order valence-electron chi connectivity index (χ4n) is 3.76. The first-order valence-corrected chi connectivity index (χ1v) is 11.0. The molecule has 7 heteroatoms. The molecule has 2 amide bonds. The molecule has 0 unspecified atom stereocenters. The van der Waals surface area contributed by atoms with Crippen LogP contribution in [0.3, 0.4) is 0 Å². The summed E-state index contributed by atoms with van der Waals surface area (Å²) in [5.74, 6) is -0.538. The van der Waals surface area contributed by atoms with Crippen molar-refractivity contribution in [3.05, 3.63) is 89.4 Å². The quantitative estimate of drug-likeness (QED) is 0.461. The highest BCUT2D eigenvalue weighted by Gasteiger charge is 2.40. The molecule has 0 aromatic heterocycles. The minimum Gasteiger partial charge on any atom is -0.490 e. The summed E-state index contributed by atoms with van der Waals surface area (Å²) in [5, 5.41) is 3.11. The molecule has 1 N–H and O–H groups in total. The third kappa shape index (κ3) is 4.50. The van der Waals surface area contributed by atoms with Crippen LogP contribution in [0, 0.1) is 12.7 Å². The molecule has 0 spiro atoms. The Bertz CT molecular complexity index is 1270. The predicted octanol–water partition coefficient (Wildman–Crippen LogP) is 5.33. The molecule has 4 rings (SSSR count). The van der Waals surface area contributed by atoms with Gasteiger partial charge in [0.1, 0.15) is 11.5 Å². The number of hydrogen-bond acceptors (Lipinski definition) is 5. The molecule has 1 aliphatic heterocycles. The number of carbonyl (C=O) groups is 2. The summed E-state index contributed by atoms with van der Waals surface area (Å²) in [6.45, 7) is 6.60. The Kier molecular flexibility index (Phi) is 6.63. The highest BCUT2D eigenvalue weighted by Crippen LogP contribution is 2.36. The van der Waals surface area contributed by atoms with Crippen LogP contribution in [0.1, 0.15) is 25.0 Å². The third-order valence-electron chi connectivity index (χ3n) is 5.30. The standard InChI is InChI=1S/C27H25FN2O4/c1-4-33-22-14-13-20(16-23(22)34-5-2)29-25-24(18-11-9-17(3)10-12-18)26(31)30(27(25)32)21-8-6-7-19(28)15-21/h6-16,29H,4-5H2,1-3H3. The zero-order valence-electron chi connectivity index (χ0n) is 19.2. The number of anilines is 2. The molecule has 0 atom stereocenters. The van der Waals surface area contributed by atoms with E-state index in [0.717, 1.165) is 16.5 Å². The second-order valence-corrected chi connectivity index (χ2v) is 7.69. The van der Waals surface area contributed by atoms with Crippen LogP contribution in [0.4, 0.5) is 15.8 Å². The SMILES string of the molecule is CCOc1ccc(NC2=C(c3ccc(C)cc3)C(=O)N(c3cccc(F)c3)C2=O)cc1OCC. The Hall–Kier alpha value is -4.13. The van der Waals surface area contributed by atoms with E-state index in [9.17, 15) is 14.0 Å². The lowest BCUT2D eigenvalue weighted by Gasteiger charge is -2.16. The van der Waals surface area contributed by atoms with Crippen molar-refractivity contribution >= 4 is 28.8 Å². The second-order valence-electron chi connectivity index (χ2n) is 7.69. The summed E-state index contributed by atoms with van der Waals surface area (Å²) in [6.07, 6.45) is 0. The lowest BCUT2D eigenvalue weighted by atomic mass is 10.0. The van der Waals surface area contributed by atoms with Crippen molar-refractivity contribution in [2.75, 3.05) is 23.4 Å². The van der Waals surface area contributed by atoms with Gasteiger partial charge in [0.2, 0.25) is 0 Å². The number of aryl methyl sites for hydroxylation is 1. The zero-order chi connectivity index (χ0) is 24.2. The smallest absolute Gasteiger partial charge is 0.282 e. The molecule has 0 radical (unpaired) electrons. The van der Waals surface area contributed by atoms with Crippen LogP contribution in [-0.2, 0) is 9.59 Å². The van der Waals surface area contributed by atoms with Gasteiger partial charge < -0.3 is 14.8 Å².